The van der Waals surface area contributed by atoms with E-state index in [0.29, 0.717) is 17.9 Å². The number of ether oxygens (including phenoxy) is 1. The SMILES string of the molecule is COC1(Cn2c(C(C)Cl)nc3c(F)cccc32)CCC1. The van der Waals surface area contributed by atoms with Gasteiger partial charge in [0.2, 0.25) is 0 Å². The Morgan fingerprint density at radius 3 is 2.80 bits per heavy atom. The highest BCUT2D eigenvalue weighted by molar-refractivity contribution is 6.20. The van der Waals surface area contributed by atoms with E-state index in [2.05, 4.69) is 4.98 Å². The number of aromatic nitrogens is 2. The number of rotatable bonds is 4. The molecule has 0 amide bonds. The van der Waals surface area contributed by atoms with Crippen molar-refractivity contribution in [2.24, 2.45) is 0 Å². The second-order valence-corrected chi connectivity index (χ2v) is 6.18. The lowest BCUT2D eigenvalue weighted by atomic mass is 9.80. The van der Waals surface area contributed by atoms with E-state index in [1.54, 1.807) is 13.2 Å². The predicted molar refractivity (Wildman–Crippen MR) is 77.6 cm³/mol. The van der Waals surface area contributed by atoms with E-state index in [9.17, 15) is 4.39 Å². The Kier molecular flexibility index (Phi) is 3.46. The maximum Gasteiger partial charge on any atom is 0.151 e. The third-order valence-corrected chi connectivity index (χ3v) is 4.45. The van der Waals surface area contributed by atoms with Crippen LogP contribution in [0.25, 0.3) is 11.0 Å². The van der Waals surface area contributed by atoms with Crippen molar-refractivity contribution in [1.29, 1.82) is 0 Å². The number of nitrogens with zero attached hydrogens (tertiary/aromatic N) is 2. The van der Waals surface area contributed by atoms with Crippen molar-refractivity contribution in [3.05, 3.63) is 29.8 Å². The van der Waals surface area contributed by atoms with Gasteiger partial charge >= 0.3 is 0 Å². The molecule has 108 valence electrons. The highest BCUT2D eigenvalue weighted by atomic mass is 35.5. The average molecular weight is 297 g/mol. The third kappa shape index (κ3) is 2.11. The summed E-state index contributed by atoms with van der Waals surface area (Å²) in [5.41, 5.74) is 1.02. The number of methoxy groups -OCH3 is 1. The Labute approximate surface area is 122 Å². The summed E-state index contributed by atoms with van der Waals surface area (Å²) in [7, 11) is 1.74. The largest absolute Gasteiger partial charge is 0.376 e. The van der Waals surface area contributed by atoms with Gasteiger partial charge in [0.25, 0.3) is 0 Å². The molecule has 5 heteroatoms. The molecule has 1 unspecified atom stereocenters. The van der Waals surface area contributed by atoms with Crippen LogP contribution >= 0.6 is 11.6 Å². The van der Waals surface area contributed by atoms with Crippen LogP contribution in [0.2, 0.25) is 0 Å². The Morgan fingerprint density at radius 1 is 1.50 bits per heavy atom. The number of imidazole rings is 1. The fraction of sp³-hybridized carbons (Fsp3) is 0.533. The summed E-state index contributed by atoms with van der Waals surface area (Å²) in [6.45, 7) is 2.53. The van der Waals surface area contributed by atoms with E-state index in [0.717, 1.165) is 18.4 Å². The molecule has 0 radical (unpaired) electrons. The van der Waals surface area contributed by atoms with E-state index >= 15 is 0 Å². The lowest BCUT2D eigenvalue weighted by molar-refractivity contribution is -0.0832. The summed E-state index contributed by atoms with van der Waals surface area (Å²) < 4.78 is 21.6. The highest BCUT2D eigenvalue weighted by Gasteiger charge is 2.38. The smallest absolute Gasteiger partial charge is 0.151 e. The van der Waals surface area contributed by atoms with E-state index in [1.807, 2.05) is 17.6 Å². The number of hydrogen-bond donors (Lipinski definition) is 0. The van der Waals surface area contributed by atoms with Crippen molar-refractivity contribution in [2.75, 3.05) is 7.11 Å². The number of fused-ring (bicyclic) bond motifs is 1. The van der Waals surface area contributed by atoms with Crippen LogP contribution in [0.5, 0.6) is 0 Å². The molecule has 3 rings (SSSR count). The summed E-state index contributed by atoms with van der Waals surface area (Å²) in [4.78, 5) is 4.39. The summed E-state index contributed by atoms with van der Waals surface area (Å²) in [5.74, 6) is 0.398. The highest BCUT2D eigenvalue weighted by Crippen LogP contribution is 2.38. The summed E-state index contributed by atoms with van der Waals surface area (Å²) >= 11 is 6.22. The normalized spacial score (nSPS) is 19.0. The first-order valence-electron chi connectivity index (χ1n) is 6.90. The molecule has 0 N–H and O–H groups in total. The van der Waals surface area contributed by atoms with Crippen LogP contribution in [0.4, 0.5) is 4.39 Å². The van der Waals surface area contributed by atoms with Gasteiger partial charge in [0.15, 0.2) is 5.82 Å². The minimum absolute atomic E-state index is 0.152. The van der Waals surface area contributed by atoms with Gasteiger partial charge in [-0.3, -0.25) is 0 Å². The second kappa shape index (κ2) is 5.01. The Morgan fingerprint density at radius 2 is 2.25 bits per heavy atom. The molecule has 1 fully saturated rings. The molecule has 1 saturated carbocycles. The number of hydrogen-bond acceptors (Lipinski definition) is 2. The molecule has 0 bridgehead atoms. The number of halogens is 2. The quantitative estimate of drug-likeness (QED) is 0.796. The molecular formula is C15H18ClFN2O. The first-order chi connectivity index (χ1) is 9.56. The number of para-hydroxylation sites is 1. The molecule has 1 heterocycles. The van der Waals surface area contributed by atoms with E-state index < -0.39 is 0 Å². The fourth-order valence-corrected chi connectivity index (χ4v) is 3.05. The lowest BCUT2D eigenvalue weighted by Crippen LogP contribution is -2.43. The Hall–Kier alpha value is -1.13. The van der Waals surface area contributed by atoms with Gasteiger partial charge in [-0.15, -0.1) is 11.6 Å². The van der Waals surface area contributed by atoms with Crippen LogP contribution < -0.4 is 0 Å². The summed E-state index contributed by atoms with van der Waals surface area (Å²) in [6, 6.07) is 5.02. The van der Waals surface area contributed by atoms with Crippen molar-refractivity contribution < 1.29 is 9.13 Å². The molecule has 20 heavy (non-hydrogen) atoms. The predicted octanol–water partition coefficient (Wildman–Crippen LogP) is 4.04. The third-order valence-electron chi connectivity index (χ3n) is 4.26. The zero-order valence-electron chi connectivity index (χ0n) is 11.7. The van der Waals surface area contributed by atoms with E-state index in [4.69, 9.17) is 16.3 Å². The standard InChI is InChI=1S/C15H18ClFN2O/c1-10(16)14-18-13-11(17)5-3-6-12(13)19(14)9-15(20-2)7-4-8-15/h3,5-6,10H,4,7-9H2,1-2H3. The van der Waals surface area contributed by atoms with Gasteiger partial charge in [-0.05, 0) is 38.3 Å². The Bertz CT molecular complexity index is 629. The zero-order valence-corrected chi connectivity index (χ0v) is 12.5. The maximum absolute atomic E-state index is 13.9. The minimum atomic E-state index is -0.306. The first kappa shape index (κ1) is 13.8. The topological polar surface area (TPSA) is 27.1 Å². The second-order valence-electron chi connectivity index (χ2n) is 5.52. The van der Waals surface area contributed by atoms with Gasteiger partial charge in [0.05, 0.1) is 23.0 Å². The summed E-state index contributed by atoms with van der Waals surface area (Å²) in [6.07, 6.45) is 3.21. The van der Waals surface area contributed by atoms with Crippen molar-refractivity contribution in [2.45, 2.75) is 43.7 Å². The maximum atomic E-state index is 13.9. The van der Waals surface area contributed by atoms with Crippen LogP contribution in [0.3, 0.4) is 0 Å². The van der Waals surface area contributed by atoms with Crippen LogP contribution in [-0.2, 0) is 11.3 Å². The van der Waals surface area contributed by atoms with Gasteiger partial charge in [0, 0.05) is 7.11 Å². The molecule has 1 aromatic heterocycles. The zero-order chi connectivity index (χ0) is 14.3. The van der Waals surface area contributed by atoms with Crippen molar-refractivity contribution in [3.63, 3.8) is 0 Å². The van der Waals surface area contributed by atoms with E-state index in [-0.39, 0.29) is 16.8 Å². The van der Waals surface area contributed by atoms with Gasteiger partial charge in [-0.25, -0.2) is 9.37 Å². The van der Waals surface area contributed by atoms with Gasteiger partial charge < -0.3 is 9.30 Å². The molecule has 1 atom stereocenters. The lowest BCUT2D eigenvalue weighted by Gasteiger charge is -2.41. The van der Waals surface area contributed by atoms with Gasteiger partial charge in [-0.1, -0.05) is 6.07 Å². The molecule has 2 aromatic rings. The van der Waals surface area contributed by atoms with Gasteiger partial charge in [-0.2, -0.15) is 0 Å². The minimum Gasteiger partial charge on any atom is -0.376 e. The van der Waals surface area contributed by atoms with Crippen molar-refractivity contribution in [3.8, 4) is 0 Å². The van der Waals surface area contributed by atoms with Crippen molar-refractivity contribution >= 4 is 22.6 Å². The molecule has 1 aliphatic rings. The van der Waals surface area contributed by atoms with Crippen LogP contribution in [0.1, 0.15) is 37.4 Å². The average Bonchev–Trinajstić information content (AvgIpc) is 2.74. The van der Waals surface area contributed by atoms with Crippen molar-refractivity contribution in [1.82, 2.24) is 9.55 Å². The summed E-state index contributed by atoms with van der Waals surface area (Å²) in [5, 5.41) is -0.268. The first-order valence-corrected chi connectivity index (χ1v) is 7.34. The molecule has 3 nitrogen and oxygen atoms in total. The van der Waals surface area contributed by atoms with Gasteiger partial charge in [0.1, 0.15) is 11.3 Å². The fourth-order valence-electron chi connectivity index (χ4n) is 2.89. The molecule has 1 aliphatic carbocycles. The molecular weight excluding hydrogens is 279 g/mol. The molecule has 0 spiro atoms. The van der Waals surface area contributed by atoms with E-state index in [1.165, 1.54) is 12.5 Å². The van der Waals surface area contributed by atoms with Crippen LogP contribution in [0, 0.1) is 5.82 Å². The number of alkyl halides is 1. The van der Waals surface area contributed by atoms with Crippen LogP contribution in [-0.4, -0.2) is 22.3 Å². The monoisotopic (exact) mass is 296 g/mol. The molecule has 1 aromatic carbocycles. The number of benzene rings is 1. The Balaban J connectivity index is 2.12. The molecule has 0 aliphatic heterocycles. The van der Waals surface area contributed by atoms with Crippen LogP contribution in [0.15, 0.2) is 18.2 Å². The molecule has 0 saturated heterocycles.